The van der Waals surface area contributed by atoms with Crippen LogP contribution in [-0.4, -0.2) is 77.8 Å². The highest BCUT2D eigenvalue weighted by Gasteiger charge is 2.42. The lowest BCUT2D eigenvalue weighted by Gasteiger charge is -2.19. The highest BCUT2D eigenvalue weighted by Crippen LogP contribution is 2.37. The first-order valence-electron chi connectivity index (χ1n) is 10.3. The van der Waals surface area contributed by atoms with Crippen LogP contribution in [0.2, 0.25) is 0 Å². The maximum Gasteiger partial charge on any atom is 0.165 e. The van der Waals surface area contributed by atoms with E-state index in [2.05, 4.69) is 46.1 Å². The summed E-state index contributed by atoms with van der Waals surface area (Å²) in [7, 11) is 0. The van der Waals surface area contributed by atoms with Crippen LogP contribution in [0.3, 0.4) is 0 Å². The van der Waals surface area contributed by atoms with Crippen molar-refractivity contribution >= 4 is 38.7 Å². The second-order valence-corrected chi connectivity index (χ2v) is 9.10. The zero-order chi connectivity index (χ0) is 21.5. The topological polar surface area (TPSA) is 132 Å². The van der Waals surface area contributed by atoms with Crippen LogP contribution in [0.15, 0.2) is 35.5 Å². The molecule has 10 nitrogen and oxygen atoms in total. The predicted molar refractivity (Wildman–Crippen MR) is 118 cm³/mol. The largest absolute Gasteiger partial charge is 0.396 e. The van der Waals surface area contributed by atoms with Crippen LogP contribution < -0.4 is 10.2 Å². The predicted octanol–water partition coefficient (Wildman–Crippen LogP) is 0.950. The smallest absolute Gasteiger partial charge is 0.165 e. The Hall–Kier alpha value is -2.34. The summed E-state index contributed by atoms with van der Waals surface area (Å²) >= 11 is 3.42. The molecule has 3 aromatic rings. The lowest BCUT2D eigenvalue weighted by atomic mass is 10.1. The summed E-state index contributed by atoms with van der Waals surface area (Å²) in [5.41, 5.74) is 1.22. The van der Waals surface area contributed by atoms with Crippen LogP contribution in [0.25, 0.3) is 11.2 Å². The Kier molecular flexibility index (Phi) is 5.51. The van der Waals surface area contributed by atoms with E-state index in [1.165, 1.54) is 6.33 Å². The molecule has 5 atom stereocenters. The van der Waals surface area contributed by atoms with E-state index in [-0.39, 0.29) is 18.6 Å². The highest BCUT2D eigenvalue weighted by atomic mass is 79.9. The molecule has 1 saturated heterocycles. The molecular formula is C20H24BrN7O3. The fraction of sp³-hybridized carbons (Fsp3) is 0.500. The molecule has 0 bridgehead atoms. The molecule has 0 amide bonds. The van der Waals surface area contributed by atoms with Gasteiger partial charge in [-0.25, -0.2) is 19.9 Å². The number of nitrogens with one attached hydrogen (secondary N) is 1. The molecule has 1 saturated carbocycles. The van der Waals surface area contributed by atoms with Gasteiger partial charge >= 0.3 is 0 Å². The van der Waals surface area contributed by atoms with Crippen molar-refractivity contribution in [3.63, 3.8) is 0 Å². The second kappa shape index (κ2) is 8.30. The van der Waals surface area contributed by atoms with Crippen molar-refractivity contribution in [3.8, 4) is 0 Å². The van der Waals surface area contributed by atoms with Crippen molar-refractivity contribution in [2.24, 2.45) is 5.92 Å². The Morgan fingerprint density at radius 2 is 2.00 bits per heavy atom. The molecule has 0 aromatic carbocycles. The number of hydrogen-bond donors (Lipinski definition) is 4. The van der Waals surface area contributed by atoms with E-state index in [0.717, 1.165) is 29.8 Å². The number of aliphatic hydroxyl groups is 3. The van der Waals surface area contributed by atoms with Gasteiger partial charge < -0.3 is 30.1 Å². The molecule has 164 valence electrons. The average Bonchev–Trinajstić information content (AvgIpc) is 3.48. The lowest BCUT2D eigenvalue weighted by molar-refractivity contribution is -0.00370. The number of aliphatic hydroxyl groups excluding tert-OH is 3. The van der Waals surface area contributed by atoms with Crippen molar-refractivity contribution in [2.45, 2.75) is 37.1 Å². The third-order valence-corrected chi connectivity index (χ3v) is 6.76. The van der Waals surface area contributed by atoms with Gasteiger partial charge in [0.2, 0.25) is 0 Å². The van der Waals surface area contributed by atoms with Gasteiger partial charge in [0.1, 0.15) is 23.8 Å². The highest BCUT2D eigenvalue weighted by molar-refractivity contribution is 9.10. The number of anilines is 2. The second-order valence-electron chi connectivity index (χ2n) is 8.18. The molecule has 1 aliphatic heterocycles. The van der Waals surface area contributed by atoms with E-state index in [0.29, 0.717) is 23.4 Å². The molecule has 2 aliphatic rings. The zero-order valence-corrected chi connectivity index (χ0v) is 18.3. The van der Waals surface area contributed by atoms with E-state index in [1.54, 1.807) is 17.1 Å². The summed E-state index contributed by atoms with van der Waals surface area (Å²) < 4.78 is 2.73. The summed E-state index contributed by atoms with van der Waals surface area (Å²) in [5, 5.41) is 33.6. The fourth-order valence-corrected chi connectivity index (χ4v) is 4.83. The van der Waals surface area contributed by atoms with Crippen LogP contribution in [0.1, 0.15) is 18.9 Å². The summed E-state index contributed by atoms with van der Waals surface area (Å²) in [6.07, 6.45) is 4.34. The first-order chi connectivity index (χ1) is 15.0. The van der Waals surface area contributed by atoms with Gasteiger partial charge in [-0.05, 0) is 40.9 Å². The maximum atomic E-state index is 10.5. The third kappa shape index (κ3) is 3.75. The van der Waals surface area contributed by atoms with Crippen LogP contribution in [0.5, 0.6) is 0 Å². The van der Waals surface area contributed by atoms with Crippen molar-refractivity contribution in [3.05, 3.63) is 35.5 Å². The minimum absolute atomic E-state index is 0.172. The van der Waals surface area contributed by atoms with E-state index in [9.17, 15) is 15.3 Å². The van der Waals surface area contributed by atoms with E-state index in [1.807, 2.05) is 12.1 Å². The van der Waals surface area contributed by atoms with Crippen LogP contribution in [-0.2, 0) is 0 Å². The van der Waals surface area contributed by atoms with Gasteiger partial charge in [-0.15, -0.1) is 0 Å². The van der Waals surface area contributed by atoms with E-state index >= 15 is 0 Å². The number of fused-ring (bicyclic) bond motifs is 1. The Morgan fingerprint density at radius 1 is 1.13 bits per heavy atom. The first kappa shape index (κ1) is 20.6. The molecule has 0 spiro atoms. The number of aromatic nitrogens is 5. The molecule has 11 heteroatoms. The fourth-order valence-electron chi connectivity index (χ4n) is 4.59. The minimum atomic E-state index is -0.984. The van der Waals surface area contributed by atoms with Crippen LogP contribution >= 0.6 is 15.9 Å². The summed E-state index contributed by atoms with van der Waals surface area (Å²) in [5.74, 6) is 1.22. The van der Waals surface area contributed by atoms with Gasteiger partial charge in [0.25, 0.3) is 0 Å². The number of pyridine rings is 1. The average molecular weight is 490 g/mol. The number of halogens is 1. The monoisotopic (exact) mass is 489 g/mol. The Labute approximate surface area is 187 Å². The molecule has 0 radical (unpaired) electrons. The van der Waals surface area contributed by atoms with Crippen molar-refractivity contribution in [1.29, 1.82) is 0 Å². The Morgan fingerprint density at radius 3 is 2.74 bits per heavy atom. The molecule has 1 unspecified atom stereocenters. The SMILES string of the molecule is OC[C@H]1CC(n2cnc3c(N[C@H]4CCN(c5ccc(Br)cn5)C4)ncnc32)[C@H](O)[C@@H]1O. The molecule has 3 aromatic heterocycles. The van der Waals surface area contributed by atoms with Crippen LogP contribution in [0, 0.1) is 5.92 Å². The van der Waals surface area contributed by atoms with Gasteiger partial charge in [-0.1, -0.05) is 0 Å². The van der Waals surface area contributed by atoms with Gasteiger partial charge in [0, 0.05) is 42.3 Å². The van der Waals surface area contributed by atoms with Crippen LogP contribution in [0.4, 0.5) is 11.6 Å². The quantitative estimate of drug-likeness (QED) is 0.413. The van der Waals surface area contributed by atoms with Crippen molar-refractivity contribution in [1.82, 2.24) is 24.5 Å². The summed E-state index contributed by atoms with van der Waals surface area (Å²) in [6, 6.07) is 3.77. The van der Waals surface area contributed by atoms with Gasteiger partial charge in [-0.2, -0.15) is 0 Å². The van der Waals surface area contributed by atoms with E-state index < -0.39 is 18.2 Å². The minimum Gasteiger partial charge on any atom is -0.396 e. The van der Waals surface area contributed by atoms with E-state index in [4.69, 9.17) is 0 Å². The molecule has 31 heavy (non-hydrogen) atoms. The summed E-state index contributed by atoms with van der Waals surface area (Å²) in [4.78, 5) is 20.0. The zero-order valence-electron chi connectivity index (χ0n) is 16.7. The van der Waals surface area contributed by atoms with Gasteiger partial charge in [0.05, 0.1) is 18.5 Å². The first-order valence-corrected chi connectivity index (χ1v) is 11.1. The number of nitrogens with zero attached hydrogens (tertiary/aromatic N) is 6. The van der Waals surface area contributed by atoms with Gasteiger partial charge in [0.15, 0.2) is 11.5 Å². The maximum absolute atomic E-state index is 10.5. The number of hydrogen-bond acceptors (Lipinski definition) is 9. The third-order valence-electron chi connectivity index (χ3n) is 6.29. The molecule has 1 aliphatic carbocycles. The lowest BCUT2D eigenvalue weighted by Crippen LogP contribution is -2.30. The normalized spacial score (nSPS) is 28.5. The Balaban J connectivity index is 1.34. The van der Waals surface area contributed by atoms with Crippen molar-refractivity contribution < 1.29 is 15.3 Å². The molecule has 4 N–H and O–H groups in total. The number of imidazole rings is 1. The molecular weight excluding hydrogens is 466 g/mol. The molecule has 2 fully saturated rings. The van der Waals surface area contributed by atoms with Gasteiger partial charge in [-0.3, -0.25) is 0 Å². The molecule has 4 heterocycles. The molecule has 5 rings (SSSR count). The standard InChI is InChI=1S/C20H24BrN7O3/c21-12-1-2-15(22-6-12)27-4-3-13(7-27)26-19-16-20(24-9-23-19)28(10-25-16)14-5-11(8-29)17(30)18(14)31/h1-2,6,9-11,13-14,17-18,29-31H,3-5,7-8H2,(H,23,24,26)/t11-,13+,14?,17-,18+/m1/s1. The number of rotatable bonds is 5. The Bertz CT molecular complexity index is 1060. The summed E-state index contributed by atoms with van der Waals surface area (Å²) in [6.45, 7) is 1.52. The van der Waals surface area contributed by atoms with Crippen molar-refractivity contribution in [2.75, 3.05) is 29.9 Å².